The van der Waals surface area contributed by atoms with Crippen LogP contribution in [0.5, 0.6) is 0 Å². The third-order valence-corrected chi connectivity index (χ3v) is 16.1. The molecule has 0 aliphatic carbocycles. The average molecular weight is 924 g/mol. The second-order valence-electron chi connectivity index (χ2n) is 17.3. The number of rotatable bonds is 15. The normalized spacial score (nSPS) is 28.5. The van der Waals surface area contributed by atoms with Gasteiger partial charge in [-0.2, -0.15) is 0 Å². The third kappa shape index (κ3) is 9.97. The van der Waals surface area contributed by atoms with Crippen LogP contribution >= 0.6 is 0 Å². The Bertz CT molecular complexity index is 2210. The fraction of sp³-hybridized carbons (Fsp3) is 0.511. The Morgan fingerprint density at radius 3 is 1.51 bits per heavy atom. The van der Waals surface area contributed by atoms with E-state index in [-0.39, 0.29) is 28.9 Å². The van der Waals surface area contributed by atoms with E-state index in [1.54, 1.807) is 12.1 Å². The molecule has 0 bridgehead atoms. The van der Waals surface area contributed by atoms with Crippen LogP contribution in [0.2, 0.25) is 18.1 Å². The molecule has 1 unspecified atom stereocenters. The van der Waals surface area contributed by atoms with Gasteiger partial charge in [-0.3, -0.25) is 48.2 Å². The summed E-state index contributed by atoms with van der Waals surface area (Å²) in [6.45, 7) is 14.8. The van der Waals surface area contributed by atoms with Crippen molar-refractivity contribution >= 4 is 55.8 Å². The van der Waals surface area contributed by atoms with Crippen LogP contribution in [0.4, 0.5) is 0 Å². The molecule has 2 fully saturated rings. The molecule has 0 spiro atoms. The van der Waals surface area contributed by atoms with Gasteiger partial charge in [-0.15, -0.1) is 6.58 Å². The van der Waals surface area contributed by atoms with Gasteiger partial charge in [0.2, 0.25) is 0 Å². The van der Waals surface area contributed by atoms with Crippen LogP contribution in [0, 0.1) is 0 Å². The SMILES string of the molecule is [2H]C(O[Si](C)(C)C(C)(C)C)[C@H]1O[C@@H](OCC=C)[C@H](N2C(=O)c3ccccc3C2=O)[C@@H](OC(C)=O)[C@@H]1O[C@@H]1O[C@H](COC(C)=O)[C@@H](OC(C)=O)[C@H](OC(C)=O)[C@H]1N1C(=O)c2ccccc2C1=O. The summed E-state index contributed by atoms with van der Waals surface area (Å²) in [6.07, 6.45) is -12.7. The smallest absolute Gasteiger partial charge is 0.303 e. The van der Waals surface area contributed by atoms with Crippen LogP contribution in [0.3, 0.4) is 0 Å². The molecule has 2 saturated heterocycles. The number of hydrogen-bond donors (Lipinski definition) is 0. The van der Waals surface area contributed by atoms with Crippen LogP contribution in [-0.4, -0.2) is 147 Å². The highest BCUT2D eigenvalue weighted by Gasteiger charge is 2.62. The maximum absolute atomic E-state index is 14.4. The second-order valence-corrected chi connectivity index (χ2v) is 22.1. The van der Waals surface area contributed by atoms with Gasteiger partial charge >= 0.3 is 23.9 Å². The van der Waals surface area contributed by atoms with Crippen LogP contribution < -0.4 is 0 Å². The molecule has 6 rings (SSSR count). The Labute approximate surface area is 378 Å². The van der Waals surface area contributed by atoms with Crippen molar-refractivity contribution in [3.63, 3.8) is 0 Å². The maximum Gasteiger partial charge on any atom is 0.303 e. The van der Waals surface area contributed by atoms with Crippen molar-refractivity contribution in [2.45, 2.75) is 128 Å². The number of amides is 4. The summed E-state index contributed by atoms with van der Waals surface area (Å²) in [5.41, 5.74) is -0.0675. The van der Waals surface area contributed by atoms with Gasteiger partial charge in [0.1, 0.15) is 37.0 Å². The Balaban J connectivity index is 1.58. The van der Waals surface area contributed by atoms with E-state index in [2.05, 4.69) is 6.58 Å². The number of carbonyl (C=O) groups is 8. The topological polar surface area (TPSA) is 226 Å². The zero-order valence-corrected chi connectivity index (χ0v) is 38.5. The van der Waals surface area contributed by atoms with Gasteiger partial charge in [0.05, 0.1) is 36.8 Å². The molecule has 65 heavy (non-hydrogen) atoms. The Hall–Kier alpha value is -5.64. The molecular formula is C45H54N2O17Si. The zero-order chi connectivity index (χ0) is 48.6. The highest BCUT2D eigenvalue weighted by molar-refractivity contribution is 6.74. The van der Waals surface area contributed by atoms with E-state index in [1.807, 2.05) is 33.9 Å². The lowest BCUT2D eigenvalue weighted by Crippen LogP contribution is -2.71. The summed E-state index contributed by atoms with van der Waals surface area (Å²) in [7, 11) is -2.91. The second kappa shape index (κ2) is 19.4. The number of ether oxygens (including phenoxy) is 8. The highest BCUT2D eigenvalue weighted by atomic mass is 28.4. The first-order chi connectivity index (χ1) is 31.0. The number of benzene rings is 2. The lowest BCUT2D eigenvalue weighted by molar-refractivity contribution is -0.340. The zero-order valence-electron chi connectivity index (χ0n) is 38.5. The molecule has 19 nitrogen and oxygen atoms in total. The largest absolute Gasteiger partial charge is 0.463 e. The minimum atomic E-state index is -2.91. The summed E-state index contributed by atoms with van der Waals surface area (Å²) in [4.78, 5) is 110. The molecule has 0 saturated carbocycles. The van der Waals surface area contributed by atoms with Gasteiger partial charge in [-0.25, -0.2) is 0 Å². The van der Waals surface area contributed by atoms with E-state index >= 15 is 0 Å². The van der Waals surface area contributed by atoms with Crippen molar-refractivity contribution < 1.29 is 82.0 Å². The van der Waals surface area contributed by atoms with E-state index in [1.165, 1.54) is 42.5 Å². The molecule has 2 aromatic rings. The molecule has 20 heteroatoms. The first-order valence-electron chi connectivity index (χ1n) is 21.4. The molecule has 4 aliphatic rings. The van der Waals surface area contributed by atoms with E-state index in [0.717, 1.165) is 32.6 Å². The predicted molar refractivity (Wildman–Crippen MR) is 226 cm³/mol. The molecule has 0 aromatic heterocycles. The molecular weight excluding hydrogens is 869 g/mol. The summed E-state index contributed by atoms with van der Waals surface area (Å²) in [5, 5.41) is -0.482. The van der Waals surface area contributed by atoms with Gasteiger partial charge in [-0.05, 0) is 42.4 Å². The quantitative estimate of drug-likeness (QED) is 0.0815. The van der Waals surface area contributed by atoms with Crippen molar-refractivity contribution in [1.82, 2.24) is 9.80 Å². The molecule has 11 atom stereocenters. The van der Waals surface area contributed by atoms with Gasteiger partial charge in [0.15, 0.2) is 39.2 Å². The van der Waals surface area contributed by atoms with Crippen molar-refractivity contribution in [2.75, 3.05) is 19.8 Å². The fourth-order valence-corrected chi connectivity index (χ4v) is 8.63. The highest BCUT2D eigenvalue weighted by Crippen LogP contribution is 2.42. The van der Waals surface area contributed by atoms with Gasteiger partial charge in [0, 0.05) is 27.7 Å². The number of imide groups is 2. The van der Waals surface area contributed by atoms with Gasteiger partial charge in [0.25, 0.3) is 23.6 Å². The summed E-state index contributed by atoms with van der Waals surface area (Å²) >= 11 is 0. The Morgan fingerprint density at radius 2 is 1.09 bits per heavy atom. The third-order valence-electron chi connectivity index (χ3n) is 11.7. The summed E-state index contributed by atoms with van der Waals surface area (Å²) < 4.78 is 64.9. The van der Waals surface area contributed by atoms with Crippen LogP contribution in [0.1, 0.15) is 91.3 Å². The standard InChI is InChI=1S/C45H54N2O17Si/c1-11-20-56-43-33(46-39(52)27-16-12-13-17-28(27)40(46)53)37(60-25(4)50)36(32(62-43)22-58-65(9,10)45(6,7)8)64-44-34(47-41(54)29-18-14-15-19-30(29)42(47)55)38(61-26(5)51)35(59-24(3)49)31(63-44)21-57-23(2)48/h11-19,31-38,43-44H,1,20-22H2,2-10H3/t31-,32-,33-,34-,35-,36-,37-,38-,43-,44+/m1/s1/i22D/t22?,31-,32-,33-,34-,35-,36-,37-,38-,43-,44+. The van der Waals surface area contributed by atoms with E-state index < -0.39 is 135 Å². The molecule has 4 amide bonds. The number of carbonyl (C=O) groups excluding carboxylic acids is 8. The number of fused-ring (bicyclic) bond motifs is 2. The molecule has 350 valence electrons. The maximum atomic E-state index is 14.4. The molecule has 0 N–H and O–H groups in total. The number of hydrogen-bond acceptors (Lipinski definition) is 17. The Morgan fingerprint density at radius 1 is 0.677 bits per heavy atom. The van der Waals surface area contributed by atoms with Crippen LogP contribution in [0.15, 0.2) is 61.2 Å². The molecule has 0 radical (unpaired) electrons. The van der Waals surface area contributed by atoms with Gasteiger partial charge < -0.3 is 42.3 Å². The van der Waals surface area contributed by atoms with Crippen molar-refractivity contribution in [2.24, 2.45) is 0 Å². The van der Waals surface area contributed by atoms with Crippen LogP contribution in [-0.2, 0) is 61.5 Å². The van der Waals surface area contributed by atoms with Crippen LogP contribution in [0.25, 0.3) is 0 Å². The fourth-order valence-electron chi connectivity index (χ4n) is 7.81. The number of nitrogens with zero attached hydrogens (tertiary/aromatic N) is 2. The lowest BCUT2D eigenvalue weighted by Gasteiger charge is -2.52. The van der Waals surface area contributed by atoms with E-state index in [9.17, 15) is 39.7 Å². The van der Waals surface area contributed by atoms with Crippen molar-refractivity contribution in [1.29, 1.82) is 0 Å². The summed E-state index contributed by atoms with van der Waals surface area (Å²) in [5.74, 6) is -7.06. The Kier molecular flexibility index (Phi) is 14.2. The monoisotopic (exact) mass is 923 g/mol. The minimum absolute atomic E-state index is 0.0149. The van der Waals surface area contributed by atoms with Gasteiger partial charge in [-0.1, -0.05) is 51.1 Å². The predicted octanol–water partition coefficient (Wildman–Crippen LogP) is 3.73. The molecule has 2 aromatic carbocycles. The minimum Gasteiger partial charge on any atom is -0.463 e. The number of esters is 4. The molecule has 4 heterocycles. The van der Waals surface area contributed by atoms with Crippen molar-refractivity contribution in [3.05, 3.63) is 83.4 Å². The lowest BCUT2D eigenvalue weighted by atomic mass is 9.92. The van der Waals surface area contributed by atoms with Crippen molar-refractivity contribution in [3.8, 4) is 0 Å². The van der Waals surface area contributed by atoms with E-state index in [4.69, 9.17) is 42.3 Å². The first kappa shape index (κ1) is 47.3. The average Bonchev–Trinajstić information content (AvgIpc) is 3.63. The first-order valence-corrected chi connectivity index (χ1v) is 23.8. The van der Waals surface area contributed by atoms with E-state index in [0.29, 0.717) is 4.90 Å². The summed E-state index contributed by atoms with van der Waals surface area (Å²) in [6, 6.07) is 8.26. The molecule has 4 aliphatic heterocycles.